The van der Waals surface area contributed by atoms with Crippen molar-refractivity contribution in [3.05, 3.63) is 41.7 Å². The molecule has 1 atom stereocenters. The molecule has 1 aliphatic rings. The topological polar surface area (TPSA) is 49.3 Å². The van der Waals surface area contributed by atoms with Gasteiger partial charge in [0.25, 0.3) is 0 Å². The summed E-state index contributed by atoms with van der Waals surface area (Å²) in [4.78, 5) is 11.7. The first-order valence-electron chi connectivity index (χ1n) is 6.54. The van der Waals surface area contributed by atoms with Crippen molar-refractivity contribution in [3.63, 3.8) is 0 Å². The third-order valence-electron chi connectivity index (χ3n) is 3.26. The Kier molecular flexibility index (Phi) is 4.68. The van der Waals surface area contributed by atoms with Crippen molar-refractivity contribution in [1.82, 2.24) is 5.32 Å². The highest BCUT2D eigenvalue weighted by Crippen LogP contribution is 2.33. The van der Waals surface area contributed by atoms with Crippen LogP contribution in [0.4, 0.5) is 4.39 Å². The molecule has 0 spiro atoms. The number of halogens is 1. The van der Waals surface area contributed by atoms with Crippen LogP contribution in [0.5, 0.6) is 0 Å². The van der Waals surface area contributed by atoms with Gasteiger partial charge in [-0.2, -0.15) is 0 Å². The number of nitrogens with one attached hydrogen (secondary N) is 1. The van der Waals surface area contributed by atoms with Crippen molar-refractivity contribution in [2.24, 2.45) is 5.92 Å². The molecule has 1 amide bonds. The Morgan fingerprint density at radius 1 is 1.42 bits per heavy atom. The van der Waals surface area contributed by atoms with E-state index in [-0.39, 0.29) is 24.4 Å². The Morgan fingerprint density at radius 2 is 2.11 bits per heavy atom. The second kappa shape index (κ2) is 6.48. The minimum absolute atomic E-state index is 0.0652. The molecule has 0 heterocycles. The van der Waals surface area contributed by atoms with Crippen LogP contribution in [0.2, 0.25) is 0 Å². The summed E-state index contributed by atoms with van der Waals surface area (Å²) in [6.07, 6.45) is 5.93. The molecule has 1 aromatic rings. The van der Waals surface area contributed by atoms with E-state index in [4.69, 9.17) is 5.11 Å². The van der Waals surface area contributed by atoms with Crippen molar-refractivity contribution in [1.29, 1.82) is 0 Å². The summed E-state index contributed by atoms with van der Waals surface area (Å²) in [5.41, 5.74) is 0.779. The fourth-order valence-corrected chi connectivity index (χ4v) is 2.04. The summed E-state index contributed by atoms with van der Waals surface area (Å²) in [7, 11) is 0. The normalized spacial score (nSPS) is 16.5. The Labute approximate surface area is 112 Å². The van der Waals surface area contributed by atoms with Gasteiger partial charge in [0, 0.05) is 18.7 Å². The number of carbonyl (C=O) groups is 1. The summed E-state index contributed by atoms with van der Waals surface area (Å²) in [5.74, 6) is 0.0448. The average Bonchev–Trinajstić information content (AvgIpc) is 3.22. The maximum atomic E-state index is 12.7. The highest BCUT2D eigenvalue weighted by molar-refractivity contribution is 5.91. The van der Waals surface area contributed by atoms with Crippen LogP contribution in [-0.4, -0.2) is 23.7 Å². The number of amides is 1. The van der Waals surface area contributed by atoms with Crippen LogP contribution in [0, 0.1) is 11.7 Å². The molecule has 0 bridgehead atoms. The van der Waals surface area contributed by atoms with E-state index in [0.717, 1.165) is 18.4 Å². The molecule has 2 rings (SSSR count). The fourth-order valence-electron chi connectivity index (χ4n) is 2.04. The molecule has 1 saturated carbocycles. The zero-order chi connectivity index (χ0) is 13.7. The van der Waals surface area contributed by atoms with Gasteiger partial charge in [0.15, 0.2) is 0 Å². The number of aliphatic hydroxyl groups excluding tert-OH is 1. The highest BCUT2D eigenvalue weighted by atomic mass is 19.1. The molecule has 1 fully saturated rings. The second-order valence-corrected chi connectivity index (χ2v) is 4.85. The monoisotopic (exact) mass is 263 g/mol. The molecule has 19 heavy (non-hydrogen) atoms. The summed E-state index contributed by atoms with van der Waals surface area (Å²) in [6.45, 7) is 0.0864. The predicted octanol–water partition coefficient (Wildman–Crippen LogP) is 2.12. The van der Waals surface area contributed by atoms with E-state index in [9.17, 15) is 9.18 Å². The third-order valence-corrected chi connectivity index (χ3v) is 3.26. The van der Waals surface area contributed by atoms with E-state index in [0.29, 0.717) is 12.3 Å². The molecule has 1 aromatic carbocycles. The Bertz CT molecular complexity index is 452. The van der Waals surface area contributed by atoms with Gasteiger partial charge in [0.2, 0.25) is 5.91 Å². The van der Waals surface area contributed by atoms with Crippen LogP contribution in [-0.2, 0) is 4.79 Å². The minimum Gasteiger partial charge on any atom is -0.396 e. The molecule has 4 heteroatoms. The summed E-state index contributed by atoms with van der Waals surface area (Å²) >= 11 is 0. The van der Waals surface area contributed by atoms with Crippen molar-refractivity contribution >= 4 is 12.0 Å². The van der Waals surface area contributed by atoms with Crippen LogP contribution in [0.3, 0.4) is 0 Å². The number of benzene rings is 1. The van der Waals surface area contributed by atoms with Gasteiger partial charge in [-0.15, -0.1) is 0 Å². The number of hydrogen-bond acceptors (Lipinski definition) is 2. The molecule has 0 saturated heterocycles. The molecular formula is C15H18FNO2. The van der Waals surface area contributed by atoms with E-state index in [2.05, 4.69) is 5.32 Å². The van der Waals surface area contributed by atoms with Gasteiger partial charge >= 0.3 is 0 Å². The van der Waals surface area contributed by atoms with Gasteiger partial charge in [-0.1, -0.05) is 12.1 Å². The smallest absolute Gasteiger partial charge is 0.244 e. The molecule has 102 valence electrons. The van der Waals surface area contributed by atoms with Crippen LogP contribution < -0.4 is 5.32 Å². The number of aliphatic hydroxyl groups is 1. The van der Waals surface area contributed by atoms with Crippen molar-refractivity contribution in [3.8, 4) is 0 Å². The minimum atomic E-state index is -0.293. The largest absolute Gasteiger partial charge is 0.396 e. The van der Waals surface area contributed by atoms with Crippen molar-refractivity contribution in [2.45, 2.75) is 25.3 Å². The lowest BCUT2D eigenvalue weighted by atomic mass is 10.1. The Balaban J connectivity index is 1.87. The van der Waals surface area contributed by atoms with Gasteiger partial charge in [-0.25, -0.2) is 4.39 Å². The molecule has 0 aromatic heterocycles. The number of hydrogen-bond donors (Lipinski definition) is 2. The Hall–Kier alpha value is -1.68. The van der Waals surface area contributed by atoms with Gasteiger partial charge in [0.05, 0.1) is 0 Å². The lowest BCUT2D eigenvalue weighted by Gasteiger charge is -2.15. The van der Waals surface area contributed by atoms with Crippen LogP contribution in [0.1, 0.15) is 24.8 Å². The van der Waals surface area contributed by atoms with Gasteiger partial charge in [-0.3, -0.25) is 4.79 Å². The van der Waals surface area contributed by atoms with E-state index in [1.165, 1.54) is 18.2 Å². The standard InChI is InChI=1S/C15H18FNO2/c16-13-6-1-11(2-7-13)3-8-15(19)17-14(9-10-18)12-4-5-12/h1-3,6-8,12,14,18H,4-5,9-10H2,(H,17,19)/b8-3+. The highest BCUT2D eigenvalue weighted by Gasteiger charge is 2.31. The zero-order valence-electron chi connectivity index (χ0n) is 10.7. The maximum absolute atomic E-state index is 12.7. The van der Waals surface area contributed by atoms with Crippen LogP contribution >= 0.6 is 0 Å². The molecule has 1 unspecified atom stereocenters. The summed E-state index contributed by atoms with van der Waals surface area (Å²) < 4.78 is 12.7. The van der Waals surface area contributed by atoms with Crippen molar-refractivity contribution in [2.75, 3.05) is 6.61 Å². The molecule has 0 radical (unpaired) electrons. The van der Waals surface area contributed by atoms with E-state index in [1.54, 1.807) is 18.2 Å². The zero-order valence-corrected chi connectivity index (χ0v) is 10.7. The van der Waals surface area contributed by atoms with Crippen LogP contribution in [0.25, 0.3) is 6.08 Å². The third kappa shape index (κ3) is 4.48. The van der Waals surface area contributed by atoms with Crippen molar-refractivity contribution < 1.29 is 14.3 Å². The predicted molar refractivity (Wildman–Crippen MR) is 71.8 cm³/mol. The quantitative estimate of drug-likeness (QED) is 0.772. The first-order chi connectivity index (χ1) is 9.19. The first kappa shape index (κ1) is 13.7. The number of carbonyl (C=O) groups excluding carboxylic acids is 1. The second-order valence-electron chi connectivity index (χ2n) is 4.85. The SMILES string of the molecule is O=C(/C=C/c1ccc(F)cc1)NC(CCO)C1CC1. The van der Waals surface area contributed by atoms with Gasteiger partial charge in [-0.05, 0) is 49.0 Å². The molecule has 2 N–H and O–H groups in total. The number of rotatable bonds is 6. The lowest BCUT2D eigenvalue weighted by Crippen LogP contribution is -2.36. The molecular weight excluding hydrogens is 245 g/mol. The lowest BCUT2D eigenvalue weighted by molar-refractivity contribution is -0.117. The van der Waals surface area contributed by atoms with E-state index in [1.807, 2.05) is 0 Å². The maximum Gasteiger partial charge on any atom is 0.244 e. The first-order valence-corrected chi connectivity index (χ1v) is 6.54. The fraction of sp³-hybridized carbons (Fsp3) is 0.400. The molecule has 0 aliphatic heterocycles. The Morgan fingerprint density at radius 3 is 2.68 bits per heavy atom. The van der Waals surface area contributed by atoms with E-state index >= 15 is 0 Å². The summed E-state index contributed by atoms with van der Waals surface area (Å²) in [5, 5.41) is 11.9. The van der Waals surface area contributed by atoms with Gasteiger partial charge in [0.1, 0.15) is 5.82 Å². The molecule has 1 aliphatic carbocycles. The summed E-state index contributed by atoms with van der Waals surface area (Å²) in [6, 6.07) is 6.01. The van der Waals surface area contributed by atoms with Crippen LogP contribution in [0.15, 0.2) is 30.3 Å². The average molecular weight is 263 g/mol. The van der Waals surface area contributed by atoms with Gasteiger partial charge < -0.3 is 10.4 Å². The van der Waals surface area contributed by atoms with E-state index < -0.39 is 0 Å². The molecule has 3 nitrogen and oxygen atoms in total.